The second kappa shape index (κ2) is 7.12. The summed E-state index contributed by atoms with van der Waals surface area (Å²) in [6, 6.07) is 0.432. The molecular formula is C11H21NO2S. The summed E-state index contributed by atoms with van der Waals surface area (Å²) in [6.45, 7) is 1.03. The predicted molar refractivity (Wildman–Crippen MR) is 64.4 cm³/mol. The van der Waals surface area contributed by atoms with E-state index in [2.05, 4.69) is 11.6 Å². The lowest BCUT2D eigenvalue weighted by molar-refractivity contribution is -0.143. The van der Waals surface area contributed by atoms with Gasteiger partial charge < -0.3 is 10.4 Å². The molecule has 2 N–H and O–H groups in total. The molecule has 2 atom stereocenters. The Kier molecular flexibility index (Phi) is 6.10. The number of nitrogens with one attached hydrogen (secondary N) is 1. The Morgan fingerprint density at radius 1 is 1.53 bits per heavy atom. The van der Waals surface area contributed by atoms with E-state index in [4.69, 9.17) is 5.11 Å². The van der Waals surface area contributed by atoms with Gasteiger partial charge in [0.25, 0.3) is 0 Å². The summed E-state index contributed by atoms with van der Waals surface area (Å²) in [7, 11) is 0. The highest BCUT2D eigenvalue weighted by Gasteiger charge is 2.26. The number of carboxylic acids is 1. The van der Waals surface area contributed by atoms with Gasteiger partial charge in [0.2, 0.25) is 0 Å². The lowest BCUT2D eigenvalue weighted by atomic mass is 9.86. The number of carboxylic acid groups (broad SMARTS) is 1. The van der Waals surface area contributed by atoms with Crippen molar-refractivity contribution in [1.29, 1.82) is 0 Å². The van der Waals surface area contributed by atoms with Crippen LogP contribution in [-0.2, 0) is 4.79 Å². The molecule has 0 saturated heterocycles. The zero-order valence-corrected chi connectivity index (χ0v) is 10.2. The lowest BCUT2D eigenvalue weighted by Gasteiger charge is -2.27. The predicted octanol–water partition coefficient (Wildman–Crippen LogP) is 1.97. The van der Waals surface area contributed by atoms with Crippen LogP contribution in [0.2, 0.25) is 0 Å². The first-order valence-electron chi connectivity index (χ1n) is 5.69. The molecule has 0 aromatic rings. The number of thioether (sulfide) groups is 1. The summed E-state index contributed by atoms with van der Waals surface area (Å²) in [5.74, 6) is 0.449. The van der Waals surface area contributed by atoms with E-state index in [1.165, 1.54) is 12.2 Å². The minimum Gasteiger partial charge on any atom is -0.481 e. The van der Waals surface area contributed by atoms with Crippen molar-refractivity contribution in [2.45, 2.75) is 38.1 Å². The van der Waals surface area contributed by atoms with Crippen LogP contribution in [0.15, 0.2) is 0 Å². The van der Waals surface area contributed by atoms with Crippen LogP contribution in [0.5, 0.6) is 0 Å². The fourth-order valence-corrected chi connectivity index (χ4v) is 2.56. The standard InChI is InChI=1S/C11H21NO2S/c1-15-7-3-6-12-10-5-2-4-9(8-10)11(13)14/h9-10,12H,2-8H2,1H3,(H,13,14). The number of hydrogen-bond acceptors (Lipinski definition) is 3. The van der Waals surface area contributed by atoms with Crippen molar-refractivity contribution in [3.8, 4) is 0 Å². The van der Waals surface area contributed by atoms with E-state index in [9.17, 15) is 4.79 Å². The van der Waals surface area contributed by atoms with E-state index in [0.29, 0.717) is 6.04 Å². The molecule has 0 aromatic heterocycles. The third-order valence-electron chi connectivity index (χ3n) is 2.98. The van der Waals surface area contributed by atoms with Crippen LogP contribution in [0.3, 0.4) is 0 Å². The monoisotopic (exact) mass is 231 g/mol. The van der Waals surface area contributed by atoms with Gasteiger partial charge in [0.05, 0.1) is 5.92 Å². The summed E-state index contributed by atoms with van der Waals surface area (Å²) in [5, 5.41) is 12.4. The van der Waals surface area contributed by atoms with Crippen molar-refractivity contribution in [2.24, 2.45) is 5.92 Å². The van der Waals surface area contributed by atoms with E-state index >= 15 is 0 Å². The minimum absolute atomic E-state index is 0.114. The molecule has 15 heavy (non-hydrogen) atoms. The van der Waals surface area contributed by atoms with Crippen LogP contribution >= 0.6 is 11.8 Å². The Bertz CT molecular complexity index is 199. The highest BCUT2D eigenvalue weighted by Crippen LogP contribution is 2.24. The van der Waals surface area contributed by atoms with Crippen LogP contribution in [0.25, 0.3) is 0 Å². The zero-order valence-electron chi connectivity index (χ0n) is 9.37. The van der Waals surface area contributed by atoms with Crippen molar-refractivity contribution in [2.75, 3.05) is 18.6 Å². The molecular weight excluding hydrogens is 210 g/mol. The van der Waals surface area contributed by atoms with E-state index in [-0.39, 0.29) is 5.92 Å². The van der Waals surface area contributed by atoms with Crippen LogP contribution < -0.4 is 5.32 Å². The van der Waals surface area contributed by atoms with Crippen molar-refractivity contribution in [3.05, 3.63) is 0 Å². The second-order valence-electron chi connectivity index (χ2n) is 4.20. The van der Waals surface area contributed by atoms with Crippen molar-refractivity contribution in [1.82, 2.24) is 5.32 Å². The van der Waals surface area contributed by atoms with Crippen LogP contribution in [0, 0.1) is 5.92 Å². The van der Waals surface area contributed by atoms with E-state index in [0.717, 1.165) is 32.2 Å². The van der Waals surface area contributed by atoms with Crippen molar-refractivity contribution >= 4 is 17.7 Å². The van der Waals surface area contributed by atoms with Gasteiger partial charge in [-0.2, -0.15) is 11.8 Å². The van der Waals surface area contributed by atoms with Gasteiger partial charge in [-0.3, -0.25) is 4.79 Å². The molecule has 2 unspecified atom stereocenters. The van der Waals surface area contributed by atoms with Crippen LogP contribution in [-0.4, -0.2) is 35.7 Å². The molecule has 0 radical (unpaired) electrons. The molecule has 1 saturated carbocycles. The number of hydrogen-bond donors (Lipinski definition) is 2. The van der Waals surface area contributed by atoms with Gasteiger partial charge in [-0.05, 0) is 44.2 Å². The molecule has 3 nitrogen and oxygen atoms in total. The fraction of sp³-hybridized carbons (Fsp3) is 0.909. The molecule has 0 bridgehead atoms. The van der Waals surface area contributed by atoms with Gasteiger partial charge >= 0.3 is 5.97 Å². The quantitative estimate of drug-likeness (QED) is 0.686. The van der Waals surface area contributed by atoms with Gasteiger partial charge in [-0.25, -0.2) is 0 Å². The average Bonchev–Trinajstić information content (AvgIpc) is 2.25. The van der Waals surface area contributed by atoms with Crippen molar-refractivity contribution < 1.29 is 9.90 Å². The molecule has 0 aliphatic heterocycles. The fourth-order valence-electron chi connectivity index (χ4n) is 2.12. The Balaban J connectivity index is 2.15. The summed E-state index contributed by atoms with van der Waals surface area (Å²) in [4.78, 5) is 10.8. The maximum Gasteiger partial charge on any atom is 0.306 e. The van der Waals surface area contributed by atoms with Crippen LogP contribution in [0.1, 0.15) is 32.1 Å². The maximum absolute atomic E-state index is 10.8. The largest absolute Gasteiger partial charge is 0.481 e. The summed E-state index contributed by atoms with van der Waals surface area (Å²) < 4.78 is 0. The first kappa shape index (κ1) is 12.8. The molecule has 0 spiro atoms. The van der Waals surface area contributed by atoms with Gasteiger partial charge in [0, 0.05) is 6.04 Å². The summed E-state index contributed by atoms with van der Waals surface area (Å²) >= 11 is 1.86. The topological polar surface area (TPSA) is 49.3 Å². The van der Waals surface area contributed by atoms with E-state index in [1.807, 2.05) is 11.8 Å². The van der Waals surface area contributed by atoms with E-state index < -0.39 is 5.97 Å². The molecule has 4 heteroatoms. The number of aliphatic carboxylic acids is 1. The van der Waals surface area contributed by atoms with E-state index in [1.54, 1.807) is 0 Å². The average molecular weight is 231 g/mol. The smallest absolute Gasteiger partial charge is 0.306 e. The Morgan fingerprint density at radius 3 is 3.00 bits per heavy atom. The molecule has 1 aliphatic rings. The summed E-state index contributed by atoms with van der Waals surface area (Å²) in [6.07, 6.45) is 7.16. The second-order valence-corrected chi connectivity index (χ2v) is 5.18. The molecule has 1 fully saturated rings. The normalized spacial score (nSPS) is 26.5. The highest BCUT2D eigenvalue weighted by atomic mass is 32.2. The Morgan fingerprint density at radius 2 is 2.33 bits per heavy atom. The third-order valence-corrected chi connectivity index (χ3v) is 3.68. The Hall–Kier alpha value is -0.220. The van der Waals surface area contributed by atoms with Gasteiger partial charge in [-0.1, -0.05) is 6.42 Å². The SMILES string of the molecule is CSCCCNC1CCCC(C(=O)O)C1. The molecule has 0 heterocycles. The summed E-state index contributed by atoms with van der Waals surface area (Å²) in [5.41, 5.74) is 0. The number of carbonyl (C=O) groups is 1. The number of rotatable bonds is 6. The molecule has 88 valence electrons. The maximum atomic E-state index is 10.8. The van der Waals surface area contributed by atoms with Crippen LogP contribution in [0.4, 0.5) is 0 Å². The first-order chi connectivity index (χ1) is 7.24. The molecule has 0 amide bonds. The van der Waals surface area contributed by atoms with Crippen molar-refractivity contribution in [3.63, 3.8) is 0 Å². The molecule has 1 aliphatic carbocycles. The highest BCUT2D eigenvalue weighted by molar-refractivity contribution is 7.98. The Labute approximate surface area is 96.0 Å². The van der Waals surface area contributed by atoms with Gasteiger partial charge in [0.15, 0.2) is 0 Å². The first-order valence-corrected chi connectivity index (χ1v) is 7.08. The minimum atomic E-state index is -0.620. The molecule has 1 rings (SSSR count). The van der Waals surface area contributed by atoms with Gasteiger partial charge in [-0.15, -0.1) is 0 Å². The van der Waals surface area contributed by atoms with Gasteiger partial charge in [0.1, 0.15) is 0 Å². The molecule has 0 aromatic carbocycles. The third kappa shape index (κ3) is 4.89. The lowest BCUT2D eigenvalue weighted by Crippen LogP contribution is -2.37. The zero-order chi connectivity index (χ0) is 11.1.